The van der Waals surface area contributed by atoms with E-state index in [1.807, 2.05) is 0 Å². The van der Waals surface area contributed by atoms with Crippen molar-refractivity contribution in [3.05, 3.63) is 0 Å². The van der Waals surface area contributed by atoms with Crippen LogP contribution < -0.4 is 5.32 Å². The molecule has 0 aliphatic carbocycles. The molecular weight excluding hydrogens is 260 g/mol. The van der Waals surface area contributed by atoms with Gasteiger partial charge in [0.05, 0.1) is 5.25 Å². The highest BCUT2D eigenvalue weighted by Crippen LogP contribution is 2.37. The zero-order valence-corrected chi connectivity index (χ0v) is 12.2. The Morgan fingerprint density at radius 2 is 1.76 bits per heavy atom. The molecule has 0 atom stereocenters. The molecule has 0 bridgehead atoms. The molecule has 0 aromatic heterocycles. The van der Waals surface area contributed by atoms with Gasteiger partial charge in [-0.05, 0) is 45.1 Å². The van der Waals surface area contributed by atoms with E-state index >= 15 is 0 Å². The molecule has 0 aromatic carbocycles. The Kier molecular flexibility index (Phi) is 4.86. The summed E-state index contributed by atoms with van der Waals surface area (Å²) in [5.74, 6) is 0. The van der Waals surface area contributed by atoms with Crippen LogP contribution in [0.4, 0.5) is 0 Å². The van der Waals surface area contributed by atoms with E-state index in [9.17, 15) is 8.42 Å². The SMILES string of the molecule is CC(C)S(=O)(=O)N1CCC2(CCNC2)CC1.Cl. The van der Waals surface area contributed by atoms with Crippen LogP contribution in [0.3, 0.4) is 0 Å². The molecule has 0 saturated carbocycles. The number of nitrogens with zero attached hydrogens (tertiary/aromatic N) is 1. The maximum absolute atomic E-state index is 12.0. The highest BCUT2D eigenvalue weighted by Gasteiger charge is 2.40. The van der Waals surface area contributed by atoms with Gasteiger partial charge in [0, 0.05) is 19.6 Å². The molecule has 4 nitrogen and oxygen atoms in total. The van der Waals surface area contributed by atoms with Crippen LogP contribution in [0.5, 0.6) is 0 Å². The third-order valence-corrected chi connectivity index (χ3v) is 6.35. The van der Waals surface area contributed by atoms with Crippen molar-refractivity contribution in [2.75, 3.05) is 26.2 Å². The first-order valence-electron chi connectivity index (χ1n) is 6.16. The fourth-order valence-electron chi connectivity index (χ4n) is 2.74. The molecule has 2 saturated heterocycles. The zero-order chi connectivity index (χ0) is 11.8. The van der Waals surface area contributed by atoms with Gasteiger partial charge in [-0.15, -0.1) is 12.4 Å². The zero-order valence-electron chi connectivity index (χ0n) is 10.6. The largest absolute Gasteiger partial charge is 0.316 e. The van der Waals surface area contributed by atoms with Crippen molar-refractivity contribution in [2.45, 2.75) is 38.4 Å². The normalized spacial score (nSPS) is 25.1. The average molecular weight is 283 g/mol. The van der Waals surface area contributed by atoms with Gasteiger partial charge >= 0.3 is 0 Å². The minimum atomic E-state index is -3.03. The Bertz CT molecular complexity index is 340. The molecule has 2 rings (SSSR count). The summed E-state index contributed by atoms with van der Waals surface area (Å²) in [6.07, 6.45) is 3.25. The van der Waals surface area contributed by atoms with Crippen LogP contribution in [0.1, 0.15) is 33.1 Å². The van der Waals surface area contributed by atoms with E-state index in [0.717, 1.165) is 25.9 Å². The third kappa shape index (κ3) is 2.95. The van der Waals surface area contributed by atoms with Gasteiger partial charge < -0.3 is 5.32 Å². The first-order valence-corrected chi connectivity index (χ1v) is 7.66. The molecule has 1 spiro atoms. The molecule has 2 heterocycles. The van der Waals surface area contributed by atoms with E-state index in [1.165, 1.54) is 6.42 Å². The summed E-state index contributed by atoms with van der Waals surface area (Å²) in [7, 11) is -3.03. The maximum Gasteiger partial charge on any atom is 0.216 e. The number of sulfonamides is 1. The van der Waals surface area contributed by atoms with Crippen LogP contribution in [0.15, 0.2) is 0 Å². The van der Waals surface area contributed by atoms with Gasteiger partial charge in [0.15, 0.2) is 0 Å². The average Bonchev–Trinajstić information content (AvgIpc) is 2.67. The topological polar surface area (TPSA) is 49.4 Å². The van der Waals surface area contributed by atoms with E-state index < -0.39 is 10.0 Å². The lowest BCUT2D eigenvalue weighted by Crippen LogP contribution is -2.46. The predicted molar refractivity (Wildman–Crippen MR) is 72.0 cm³/mol. The van der Waals surface area contributed by atoms with Crippen molar-refractivity contribution in [3.8, 4) is 0 Å². The van der Waals surface area contributed by atoms with Gasteiger partial charge in [-0.1, -0.05) is 0 Å². The molecule has 2 aliphatic heterocycles. The van der Waals surface area contributed by atoms with Crippen LogP contribution in [-0.4, -0.2) is 44.2 Å². The van der Waals surface area contributed by atoms with E-state index in [-0.39, 0.29) is 17.7 Å². The fraction of sp³-hybridized carbons (Fsp3) is 1.00. The molecular formula is C11H23ClN2O2S. The van der Waals surface area contributed by atoms with Gasteiger partial charge in [0.2, 0.25) is 10.0 Å². The summed E-state index contributed by atoms with van der Waals surface area (Å²) in [5, 5.41) is 3.10. The van der Waals surface area contributed by atoms with Crippen LogP contribution >= 0.6 is 12.4 Å². The van der Waals surface area contributed by atoms with Crippen LogP contribution in [0.2, 0.25) is 0 Å². The van der Waals surface area contributed by atoms with Crippen molar-refractivity contribution >= 4 is 22.4 Å². The summed E-state index contributed by atoms with van der Waals surface area (Å²) < 4.78 is 25.7. The number of halogens is 1. The van der Waals surface area contributed by atoms with Gasteiger partial charge in [0.1, 0.15) is 0 Å². The van der Waals surface area contributed by atoms with Crippen molar-refractivity contribution in [2.24, 2.45) is 5.41 Å². The molecule has 2 fully saturated rings. The Morgan fingerprint density at radius 1 is 1.18 bits per heavy atom. The monoisotopic (exact) mass is 282 g/mol. The second-order valence-corrected chi connectivity index (χ2v) is 7.91. The Labute approximate surface area is 111 Å². The molecule has 17 heavy (non-hydrogen) atoms. The van der Waals surface area contributed by atoms with Crippen molar-refractivity contribution < 1.29 is 8.42 Å². The standard InChI is InChI=1S/C11H22N2O2S.ClH/c1-10(2)16(14,15)13-7-4-11(5-8-13)3-6-12-9-11;/h10,12H,3-9H2,1-2H3;1H. The lowest BCUT2D eigenvalue weighted by molar-refractivity contribution is 0.174. The van der Waals surface area contributed by atoms with Gasteiger partial charge in [-0.25, -0.2) is 12.7 Å². The number of hydrogen-bond donors (Lipinski definition) is 1. The predicted octanol–water partition coefficient (Wildman–Crippen LogP) is 1.22. The first kappa shape index (κ1) is 15.2. The third-order valence-electron chi connectivity index (χ3n) is 4.07. The van der Waals surface area contributed by atoms with Gasteiger partial charge in [-0.3, -0.25) is 0 Å². The summed E-state index contributed by atoms with van der Waals surface area (Å²) in [4.78, 5) is 0. The number of piperidine rings is 1. The van der Waals surface area contributed by atoms with E-state index in [1.54, 1.807) is 18.2 Å². The first-order chi connectivity index (χ1) is 7.46. The molecule has 102 valence electrons. The minimum absolute atomic E-state index is 0. The van der Waals surface area contributed by atoms with Gasteiger partial charge in [0.25, 0.3) is 0 Å². The molecule has 1 N–H and O–H groups in total. The Balaban J connectivity index is 0.00000144. The molecule has 0 aromatic rings. The second-order valence-electron chi connectivity index (χ2n) is 5.42. The minimum Gasteiger partial charge on any atom is -0.316 e. The van der Waals surface area contributed by atoms with Gasteiger partial charge in [-0.2, -0.15) is 0 Å². The molecule has 0 amide bonds. The van der Waals surface area contributed by atoms with Crippen molar-refractivity contribution in [1.82, 2.24) is 9.62 Å². The summed E-state index contributed by atoms with van der Waals surface area (Å²) in [6.45, 7) is 7.11. The fourth-order valence-corrected chi connectivity index (χ4v) is 4.02. The van der Waals surface area contributed by atoms with Crippen molar-refractivity contribution in [1.29, 1.82) is 0 Å². The highest BCUT2D eigenvalue weighted by atomic mass is 35.5. The lowest BCUT2D eigenvalue weighted by atomic mass is 9.78. The number of rotatable bonds is 2. The van der Waals surface area contributed by atoms with E-state index in [2.05, 4.69) is 5.32 Å². The molecule has 6 heteroatoms. The second kappa shape index (κ2) is 5.43. The lowest BCUT2D eigenvalue weighted by Gasteiger charge is -2.38. The summed E-state index contributed by atoms with van der Waals surface area (Å²) >= 11 is 0. The Morgan fingerprint density at radius 3 is 2.18 bits per heavy atom. The number of nitrogens with one attached hydrogen (secondary N) is 1. The smallest absolute Gasteiger partial charge is 0.216 e. The highest BCUT2D eigenvalue weighted by molar-refractivity contribution is 7.89. The van der Waals surface area contributed by atoms with Crippen LogP contribution in [0, 0.1) is 5.41 Å². The Hall–Kier alpha value is 0.160. The van der Waals surface area contributed by atoms with Crippen molar-refractivity contribution in [3.63, 3.8) is 0 Å². The maximum atomic E-state index is 12.0. The molecule has 2 aliphatic rings. The number of hydrogen-bond acceptors (Lipinski definition) is 3. The van der Waals surface area contributed by atoms with E-state index in [0.29, 0.717) is 18.5 Å². The summed E-state index contributed by atoms with van der Waals surface area (Å²) in [6, 6.07) is 0. The van der Waals surface area contributed by atoms with E-state index in [4.69, 9.17) is 0 Å². The van der Waals surface area contributed by atoms with Crippen LogP contribution in [0.25, 0.3) is 0 Å². The molecule has 0 unspecified atom stereocenters. The quantitative estimate of drug-likeness (QED) is 0.829. The van der Waals surface area contributed by atoms with Crippen LogP contribution in [-0.2, 0) is 10.0 Å². The summed E-state index contributed by atoms with van der Waals surface area (Å²) in [5.41, 5.74) is 0.392. The molecule has 0 radical (unpaired) electrons.